The summed E-state index contributed by atoms with van der Waals surface area (Å²) in [5.74, 6) is 0.923. The Balaban J connectivity index is 1.44. The molecule has 7 heteroatoms. The van der Waals surface area contributed by atoms with Crippen molar-refractivity contribution < 1.29 is 4.79 Å². The number of nitrogens with zero attached hydrogens (tertiary/aromatic N) is 4. The highest BCUT2D eigenvalue weighted by molar-refractivity contribution is 6.30. The van der Waals surface area contributed by atoms with Gasteiger partial charge in [0.05, 0.1) is 5.02 Å². The number of carbonyl (C=O) groups excluding carboxylic acids is 1. The summed E-state index contributed by atoms with van der Waals surface area (Å²) in [4.78, 5) is 23.3. The molecule has 2 saturated heterocycles. The van der Waals surface area contributed by atoms with Crippen LogP contribution in [0, 0.1) is 0 Å². The number of urea groups is 1. The van der Waals surface area contributed by atoms with Crippen LogP contribution in [0.4, 0.5) is 10.6 Å². The molecular formula is C17H26ClN5O. The van der Waals surface area contributed by atoms with Crippen LogP contribution in [-0.4, -0.2) is 72.7 Å². The van der Waals surface area contributed by atoms with Crippen LogP contribution in [0.1, 0.15) is 19.8 Å². The molecule has 0 spiro atoms. The largest absolute Gasteiger partial charge is 0.353 e. The molecule has 2 aliphatic heterocycles. The Morgan fingerprint density at radius 1 is 1.21 bits per heavy atom. The van der Waals surface area contributed by atoms with E-state index in [9.17, 15) is 4.79 Å². The Hall–Kier alpha value is -1.53. The van der Waals surface area contributed by atoms with Crippen molar-refractivity contribution in [3.63, 3.8) is 0 Å². The molecule has 0 radical (unpaired) electrons. The minimum absolute atomic E-state index is 0.0775. The number of pyridine rings is 1. The Kier molecular flexibility index (Phi) is 5.79. The van der Waals surface area contributed by atoms with Gasteiger partial charge < -0.3 is 20.0 Å². The van der Waals surface area contributed by atoms with Crippen molar-refractivity contribution in [2.45, 2.75) is 25.8 Å². The molecule has 3 rings (SSSR count). The highest BCUT2D eigenvalue weighted by Gasteiger charge is 2.25. The summed E-state index contributed by atoms with van der Waals surface area (Å²) in [6.07, 6.45) is 3.76. The number of carbonyl (C=O) groups is 1. The Bertz CT molecular complexity index is 536. The molecule has 1 aromatic heterocycles. The lowest BCUT2D eigenvalue weighted by Gasteiger charge is -2.37. The molecule has 0 atom stereocenters. The molecule has 3 heterocycles. The minimum Gasteiger partial charge on any atom is -0.353 e. The van der Waals surface area contributed by atoms with Crippen LogP contribution < -0.4 is 10.2 Å². The third-order valence-corrected chi connectivity index (χ3v) is 5.19. The van der Waals surface area contributed by atoms with E-state index in [1.54, 1.807) is 6.20 Å². The van der Waals surface area contributed by atoms with Crippen LogP contribution in [0.25, 0.3) is 0 Å². The van der Waals surface area contributed by atoms with E-state index in [-0.39, 0.29) is 6.03 Å². The fourth-order valence-electron chi connectivity index (χ4n) is 3.35. The predicted octanol–water partition coefficient (Wildman–Crippen LogP) is 2.05. The third kappa shape index (κ3) is 4.30. The zero-order valence-electron chi connectivity index (χ0n) is 14.2. The summed E-state index contributed by atoms with van der Waals surface area (Å²) in [6, 6.07) is 4.18. The van der Waals surface area contributed by atoms with Gasteiger partial charge in [0.25, 0.3) is 0 Å². The second-order valence-corrected chi connectivity index (χ2v) is 6.90. The predicted molar refractivity (Wildman–Crippen MR) is 96.7 cm³/mol. The first-order valence-electron chi connectivity index (χ1n) is 8.80. The highest BCUT2D eigenvalue weighted by atomic mass is 35.5. The molecule has 1 aromatic rings. The lowest BCUT2D eigenvalue weighted by atomic mass is 10.1. The number of halogens is 1. The van der Waals surface area contributed by atoms with Crippen LogP contribution in [0.3, 0.4) is 0 Å². The van der Waals surface area contributed by atoms with E-state index in [0.717, 1.165) is 64.5 Å². The van der Waals surface area contributed by atoms with E-state index in [2.05, 4.69) is 27.0 Å². The molecule has 0 aromatic carbocycles. The molecule has 2 amide bonds. The molecular weight excluding hydrogens is 326 g/mol. The molecule has 2 aliphatic rings. The number of anilines is 1. The monoisotopic (exact) mass is 351 g/mol. The summed E-state index contributed by atoms with van der Waals surface area (Å²) in [6.45, 7) is 8.50. The molecule has 0 bridgehead atoms. The van der Waals surface area contributed by atoms with Crippen LogP contribution in [0.5, 0.6) is 0 Å². The van der Waals surface area contributed by atoms with E-state index in [4.69, 9.17) is 11.6 Å². The quantitative estimate of drug-likeness (QED) is 0.905. The van der Waals surface area contributed by atoms with Crippen LogP contribution in [-0.2, 0) is 0 Å². The number of amides is 2. The fraction of sp³-hybridized carbons (Fsp3) is 0.647. The minimum atomic E-state index is 0.0775. The van der Waals surface area contributed by atoms with Crippen LogP contribution >= 0.6 is 11.6 Å². The molecule has 2 fully saturated rings. The van der Waals surface area contributed by atoms with E-state index in [0.29, 0.717) is 11.1 Å². The van der Waals surface area contributed by atoms with Gasteiger partial charge in [-0.3, -0.25) is 0 Å². The Labute approximate surface area is 148 Å². The third-order valence-electron chi connectivity index (χ3n) is 4.97. The molecule has 132 valence electrons. The smallest absolute Gasteiger partial charge is 0.317 e. The van der Waals surface area contributed by atoms with Gasteiger partial charge >= 0.3 is 6.03 Å². The van der Waals surface area contributed by atoms with Gasteiger partial charge in [-0.05, 0) is 31.5 Å². The van der Waals surface area contributed by atoms with Gasteiger partial charge in [0.15, 0.2) is 0 Å². The van der Waals surface area contributed by atoms with Crippen molar-refractivity contribution in [1.29, 1.82) is 0 Å². The number of hydrogen-bond acceptors (Lipinski definition) is 4. The van der Waals surface area contributed by atoms with Gasteiger partial charge in [-0.2, -0.15) is 0 Å². The lowest BCUT2D eigenvalue weighted by molar-refractivity contribution is 0.172. The zero-order chi connectivity index (χ0) is 16.9. The average Bonchev–Trinajstić information content (AvgIpc) is 2.63. The number of aromatic nitrogens is 1. The average molecular weight is 352 g/mol. The van der Waals surface area contributed by atoms with Gasteiger partial charge in [-0.15, -0.1) is 0 Å². The summed E-state index contributed by atoms with van der Waals surface area (Å²) in [5, 5.41) is 3.85. The number of likely N-dealkylation sites (tertiary alicyclic amines) is 1. The summed E-state index contributed by atoms with van der Waals surface area (Å²) in [7, 11) is 0. The van der Waals surface area contributed by atoms with Crippen LogP contribution in [0.2, 0.25) is 5.02 Å². The topological polar surface area (TPSA) is 51.7 Å². The van der Waals surface area contributed by atoms with Crippen molar-refractivity contribution in [1.82, 2.24) is 20.1 Å². The SMILES string of the molecule is CCN1CCC(NC(=O)N2CCN(c3ccc(Cl)cn3)CC2)CC1. The normalized spacial score (nSPS) is 20.2. The highest BCUT2D eigenvalue weighted by Crippen LogP contribution is 2.16. The molecule has 24 heavy (non-hydrogen) atoms. The number of nitrogens with one attached hydrogen (secondary N) is 1. The Morgan fingerprint density at radius 3 is 2.50 bits per heavy atom. The van der Waals surface area contributed by atoms with Gasteiger partial charge in [-0.25, -0.2) is 9.78 Å². The van der Waals surface area contributed by atoms with Crippen molar-refractivity contribution in [3.05, 3.63) is 23.4 Å². The first-order valence-corrected chi connectivity index (χ1v) is 9.18. The van der Waals surface area contributed by atoms with Gasteiger partial charge in [0.2, 0.25) is 0 Å². The first-order chi connectivity index (χ1) is 11.7. The molecule has 6 nitrogen and oxygen atoms in total. The molecule has 0 unspecified atom stereocenters. The van der Waals surface area contributed by atoms with Crippen molar-refractivity contribution >= 4 is 23.4 Å². The number of rotatable bonds is 3. The standard InChI is InChI=1S/C17H26ClN5O/c1-2-21-7-5-15(6-8-21)20-17(24)23-11-9-22(10-12-23)16-4-3-14(18)13-19-16/h3-4,13,15H,2,5-12H2,1H3,(H,20,24). The maximum Gasteiger partial charge on any atom is 0.317 e. The van der Waals surface area contributed by atoms with Crippen molar-refractivity contribution in [2.75, 3.05) is 50.7 Å². The number of hydrogen-bond donors (Lipinski definition) is 1. The van der Waals surface area contributed by atoms with Crippen molar-refractivity contribution in [2.24, 2.45) is 0 Å². The van der Waals surface area contributed by atoms with Gasteiger partial charge in [0, 0.05) is 51.5 Å². The summed E-state index contributed by atoms with van der Waals surface area (Å²) in [5.41, 5.74) is 0. The number of piperazine rings is 1. The molecule has 0 aliphatic carbocycles. The fourth-order valence-corrected chi connectivity index (χ4v) is 3.46. The van der Waals surface area contributed by atoms with E-state index < -0.39 is 0 Å². The lowest BCUT2D eigenvalue weighted by Crippen LogP contribution is -2.55. The van der Waals surface area contributed by atoms with E-state index in [1.807, 2.05) is 17.0 Å². The summed E-state index contributed by atoms with van der Waals surface area (Å²) >= 11 is 5.88. The van der Waals surface area contributed by atoms with E-state index in [1.165, 1.54) is 0 Å². The zero-order valence-corrected chi connectivity index (χ0v) is 15.0. The summed E-state index contributed by atoms with van der Waals surface area (Å²) < 4.78 is 0. The maximum absolute atomic E-state index is 12.5. The van der Waals surface area contributed by atoms with Gasteiger partial charge in [-0.1, -0.05) is 18.5 Å². The first kappa shape index (κ1) is 17.3. The van der Waals surface area contributed by atoms with Gasteiger partial charge in [0.1, 0.15) is 5.82 Å². The van der Waals surface area contributed by atoms with Crippen molar-refractivity contribution in [3.8, 4) is 0 Å². The molecule has 1 N–H and O–H groups in total. The van der Waals surface area contributed by atoms with E-state index >= 15 is 0 Å². The second-order valence-electron chi connectivity index (χ2n) is 6.47. The second kappa shape index (κ2) is 8.03. The molecule has 0 saturated carbocycles. The number of piperidine rings is 1. The van der Waals surface area contributed by atoms with Crippen LogP contribution in [0.15, 0.2) is 18.3 Å². The maximum atomic E-state index is 12.5. The Morgan fingerprint density at radius 2 is 1.92 bits per heavy atom.